The number of primary amides is 1. The van der Waals surface area contributed by atoms with Gasteiger partial charge in [-0.05, 0) is 61.6 Å². The lowest BCUT2D eigenvalue weighted by Gasteiger charge is -2.37. The van der Waals surface area contributed by atoms with Crippen LogP contribution in [0.5, 0.6) is 0 Å². The summed E-state index contributed by atoms with van der Waals surface area (Å²) in [5.74, 6) is -0.783. The van der Waals surface area contributed by atoms with E-state index in [1.165, 1.54) is 12.1 Å². The van der Waals surface area contributed by atoms with Crippen molar-refractivity contribution in [1.82, 2.24) is 15.1 Å². The van der Waals surface area contributed by atoms with Crippen molar-refractivity contribution in [3.63, 3.8) is 0 Å². The molecule has 0 bridgehead atoms. The van der Waals surface area contributed by atoms with E-state index in [1.807, 2.05) is 12.1 Å². The lowest BCUT2D eigenvalue weighted by Crippen LogP contribution is -2.55. The highest BCUT2D eigenvalue weighted by Gasteiger charge is 2.52. The number of aryl methyl sites for hydroxylation is 1. The second-order valence-corrected chi connectivity index (χ2v) is 9.06. The third-order valence-corrected chi connectivity index (χ3v) is 6.78. The van der Waals surface area contributed by atoms with E-state index in [2.05, 4.69) is 10.2 Å². The number of piperidine rings is 1. The minimum atomic E-state index is -4.44. The van der Waals surface area contributed by atoms with Crippen LogP contribution in [0.25, 0.3) is 0 Å². The topological polar surface area (TPSA) is 95.7 Å². The van der Waals surface area contributed by atoms with Gasteiger partial charge >= 0.3 is 12.2 Å². The number of nitrogens with zero attached hydrogens (tertiary/aromatic N) is 2. The summed E-state index contributed by atoms with van der Waals surface area (Å²) in [4.78, 5) is 40.6. The van der Waals surface area contributed by atoms with Gasteiger partial charge in [-0.1, -0.05) is 30.3 Å². The molecule has 4 amide bonds. The molecular weight excluding hydrogens is 461 g/mol. The average Bonchev–Trinajstić information content (AvgIpc) is 3.04. The predicted octanol–water partition coefficient (Wildman–Crippen LogP) is 3.32. The number of benzene rings is 2. The van der Waals surface area contributed by atoms with Crippen LogP contribution in [0.3, 0.4) is 0 Å². The summed E-state index contributed by atoms with van der Waals surface area (Å²) >= 11 is 0. The summed E-state index contributed by atoms with van der Waals surface area (Å²) in [6.07, 6.45) is -2.00. The summed E-state index contributed by atoms with van der Waals surface area (Å²) in [6.45, 7) is 1.95. The van der Waals surface area contributed by atoms with Gasteiger partial charge in [0.25, 0.3) is 5.91 Å². The number of amides is 4. The van der Waals surface area contributed by atoms with E-state index in [4.69, 9.17) is 5.73 Å². The monoisotopic (exact) mass is 488 g/mol. The van der Waals surface area contributed by atoms with Crippen molar-refractivity contribution in [2.24, 2.45) is 5.73 Å². The van der Waals surface area contributed by atoms with Crippen molar-refractivity contribution in [3.05, 3.63) is 70.8 Å². The first kappa shape index (κ1) is 24.7. The number of carbonyl (C=O) groups excluding carboxylic acids is 3. The molecule has 186 valence electrons. The van der Waals surface area contributed by atoms with E-state index < -0.39 is 29.2 Å². The van der Waals surface area contributed by atoms with Crippen LogP contribution in [0.2, 0.25) is 0 Å². The molecule has 10 heteroatoms. The summed E-state index contributed by atoms with van der Waals surface area (Å²) in [5, 5.41) is 2.83. The number of carbonyl (C=O) groups is 3. The van der Waals surface area contributed by atoms with Gasteiger partial charge in [-0.2, -0.15) is 13.2 Å². The Bertz CT molecular complexity index is 1110. The molecule has 0 aromatic heterocycles. The predicted molar refractivity (Wildman–Crippen MR) is 122 cm³/mol. The van der Waals surface area contributed by atoms with Gasteiger partial charge in [0.2, 0.25) is 5.91 Å². The molecule has 2 fully saturated rings. The number of nitrogens with two attached hydrogens (primary N) is 1. The number of imide groups is 1. The molecule has 4 rings (SSSR count). The molecule has 2 aliphatic heterocycles. The fraction of sp³-hybridized carbons (Fsp3) is 0.400. The first-order chi connectivity index (χ1) is 16.6. The van der Waals surface area contributed by atoms with Crippen LogP contribution in [-0.2, 0) is 23.9 Å². The summed E-state index contributed by atoms with van der Waals surface area (Å²) in [5.41, 5.74) is 5.57. The van der Waals surface area contributed by atoms with Crippen LogP contribution in [0.4, 0.5) is 18.0 Å². The maximum Gasteiger partial charge on any atom is 0.416 e. The molecule has 35 heavy (non-hydrogen) atoms. The second kappa shape index (κ2) is 9.69. The largest absolute Gasteiger partial charge is 0.416 e. The van der Waals surface area contributed by atoms with Crippen LogP contribution in [0.15, 0.2) is 48.5 Å². The Balaban J connectivity index is 1.30. The van der Waals surface area contributed by atoms with Gasteiger partial charge in [0.05, 0.1) is 12.1 Å². The molecule has 2 aromatic rings. The minimum absolute atomic E-state index is 0.0759. The van der Waals surface area contributed by atoms with Gasteiger partial charge in [-0.15, -0.1) is 0 Å². The molecule has 3 N–H and O–H groups in total. The van der Waals surface area contributed by atoms with E-state index in [9.17, 15) is 27.6 Å². The van der Waals surface area contributed by atoms with Crippen molar-refractivity contribution >= 4 is 17.8 Å². The highest BCUT2D eigenvalue weighted by molar-refractivity contribution is 6.07. The zero-order valence-electron chi connectivity index (χ0n) is 19.1. The molecule has 0 aliphatic carbocycles. The number of urea groups is 1. The number of halogens is 3. The normalized spacial score (nSPS) is 18.2. The number of alkyl halides is 3. The third-order valence-electron chi connectivity index (χ3n) is 6.78. The van der Waals surface area contributed by atoms with Gasteiger partial charge in [0.1, 0.15) is 5.54 Å². The van der Waals surface area contributed by atoms with Crippen LogP contribution < -0.4 is 11.1 Å². The first-order valence-electron chi connectivity index (χ1n) is 11.5. The molecule has 0 atom stereocenters. The van der Waals surface area contributed by atoms with Crippen molar-refractivity contribution < 1.29 is 27.6 Å². The first-order valence-corrected chi connectivity index (χ1v) is 11.5. The van der Waals surface area contributed by atoms with E-state index >= 15 is 0 Å². The average molecular weight is 489 g/mol. The smallest absolute Gasteiger partial charge is 0.366 e. The summed E-state index contributed by atoms with van der Waals surface area (Å²) in [7, 11) is 0. The van der Waals surface area contributed by atoms with E-state index in [0.29, 0.717) is 43.5 Å². The second-order valence-electron chi connectivity index (χ2n) is 9.06. The molecule has 1 spiro atoms. The quantitative estimate of drug-likeness (QED) is 0.585. The lowest BCUT2D eigenvalue weighted by atomic mass is 9.87. The Morgan fingerprint density at radius 3 is 2.31 bits per heavy atom. The number of nitrogens with one attached hydrogen (secondary N) is 1. The van der Waals surface area contributed by atoms with Crippen molar-refractivity contribution in [3.8, 4) is 0 Å². The van der Waals surface area contributed by atoms with Gasteiger partial charge in [-0.3, -0.25) is 14.5 Å². The molecule has 2 heterocycles. The fourth-order valence-electron chi connectivity index (χ4n) is 4.77. The van der Waals surface area contributed by atoms with Crippen LogP contribution in [0.1, 0.15) is 46.3 Å². The molecule has 2 aromatic carbocycles. The molecule has 2 saturated heterocycles. The summed E-state index contributed by atoms with van der Waals surface area (Å²) < 4.78 is 38.3. The number of likely N-dealkylation sites (tertiary alicyclic amines) is 1. The number of rotatable bonds is 7. The molecule has 0 saturated carbocycles. The van der Waals surface area contributed by atoms with Crippen molar-refractivity contribution in [2.75, 3.05) is 19.6 Å². The summed E-state index contributed by atoms with van der Waals surface area (Å²) in [6, 6.07) is 11.2. The standard InChI is InChI=1S/C25H27F3N4O3/c26-25(27,28)19-9-7-17(8-10-19)16-32-22(34)24(30-23(32)35)11-14-31(15-12-24)13-3-5-18-4-1-2-6-20(18)21(29)33/h1-2,4,6-10H,3,5,11-16H2,(H2,29,33)(H,30,35). The Hall–Kier alpha value is -3.40. The Labute approximate surface area is 201 Å². The number of hydrogen-bond acceptors (Lipinski definition) is 4. The highest BCUT2D eigenvalue weighted by Crippen LogP contribution is 2.32. The maximum atomic E-state index is 13.1. The molecule has 7 nitrogen and oxygen atoms in total. The zero-order chi connectivity index (χ0) is 25.2. The Morgan fingerprint density at radius 2 is 1.69 bits per heavy atom. The maximum absolute atomic E-state index is 13.1. The fourth-order valence-corrected chi connectivity index (χ4v) is 4.77. The third kappa shape index (κ3) is 5.32. The Kier molecular flexibility index (Phi) is 6.84. The van der Waals surface area contributed by atoms with Gasteiger partial charge in [0, 0.05) is 18.7 Å². The highest BCUT2D eigenvalue weighted by atomic mass is 19.4. The van der Waals surface area contributed by atoms with Gasteiger partial charge in [-0.25, -0.2) is 4.79 Å². The van der Waals surface area contributed by atoms with Crippen LogP contribution in [-0.4, -0.2) is 52.8 Å². The molecular formula is C25H27F3N4O3. The number of hydrogen-bond donors (Lipinski definition) is 2. The van der Waals surface area contributed by atoms with Gasteiger partial charge in [0.15, 0.2) is 0 Å². The molecule has 0 radical (unpaired) electrons. The van der Waals surface area contributed by atoms with E-state index in [1.54, 1.807) is 12.1 Å². The minimum Gasteiger partial charge on any atom is -0.366 e. The Morgan fingerprint density at radius 1 is 1.03 bits per heavy atom. The zero-order valence-corrected chi connectivity index (χ0v) is 19.1. The molecule has 0 unspecified atom stereocenters. The van der Waals surface area contributed by atoms with E-state index in [-0.39, 0.29) is 12.5 Å². The van der Waals surface area contributed by atoms with Crippen LogP contribution >= 0.6 is 0 Å². The lowest BCUT2D eigenvalue weighted by molar-refractivity contribution is -0.137. The van der Waals surface area contributed by atoms with E-state index in [0.717, 1.165) is 35.6 Å². The van der Waals surface area contributed by atoms with Crippen molar-refractivity contribution in [2.45, 2.75) is 43.9 Å². The SMILES string of the molecule is NC(=O)c1ccccc1CCCN1CCC2(CC1)NC(=O)N(Cc1ccc(C(F)(F)F)cc1)C2=O. The van der Waals surface area contributed by atoms with Crippen LogP contribution in [0, 0.1) is 0 Å². The van der Waals surface area contributed by atoms with Gasteiger partial charge < -0.3 is 16.0 Å². The van der Waals surface area contributed by atoms with Crippen molar-refractivity contribution in [1.29, 1.82) is 0 Å². The molecule has 2 aliphatic rings.